The Hall–Kier alpha value is -1.18. The second-order valence-electron chi connectivity index (χ2n) is 3.21. The first-order valence-electron chi connectivity index (χ1n) is 4.03. The van der Waals surface area contributed by atoms with Crippen LogP contribution < -0.4 is 5.59 Å². The van der Waals surface area contributed by atoms with Crippen molar-refractivity contribution in [2.45, 2.75) is 13.8 Å². The van der Waals surface area contributed by atoms with Gasteiger partial charge in [0.2, 0.25) is 0 Å². The highest BCUT2D eigenvalue weighted by atomic mass is 14.7. The SMILES string of the molecule is [B]c1[nH]c2cc(C)ccc2c1C. The minimum atomic E-state index is 0.774. The van der Waals surface area contributed by atoms with Gasteiger partial charge in [-0.2, -0.15) is 0 Å². The lowest BCUT2D eigenvalue weighted by atomic mass is 9.99. The van der Waals surface area contributed by atoms with Crippen molar-refractivity contribution in [3.05, 3.63) is 29.3 Å². The van der Waals surface area contributed by atoms with Crippen molar-refractivity contribution < 1.29 is 0 Å². The fourth-order valence-electron chi connectivity index (χ4n) is 1.47. The van der Waals surface area contributed by atoms with Gasteiger partial charge in [0.1, 0.15) is 7.85 Å². The summed E-state index contributed by atoms with van der Waals surface area (Å²) in [5, 5.41) is 1.22. The van der Waals surface area contributed by atoms with Crippen LogP contribution in [0, 0.1) is 13.8 Å². The monoisotopic (exact) mass is 155 g/mol. The molecule has 0 spiro atoms. The number of aryl methyl sites for hydroxylation is 2. The van der Waals surface area contributed by atoms with E-state index in [9.17, 15) is 0 Å². The molecule has 0 saturated heterocycles. The van der Waals surface area contributed by atoms with Gasteiger partial charge in [-0.3, -0.25) is 0 Å². The average molecular weight is 155 g/mol. The van der Waals surface area contributed by atoms with E-state index in [1.165, 1.54) is 10.9 Å². The van der Waals surface area contributed by atoms with Crippen LogP contribution in [-0.4, -0.2) is 12.8 Å². The Bertz CT molecular complexity index is 429. The average Bonchev–Trinajstić information content (AvgIpc) is 2.28. The van der Waals surface area contributed by atoms with Gasteiger partial charge in [0.25, 0.3) is 0 Å². The third-order valence-corrected chi connectivity index (χ3v) is 2.25. The minimum absolute atomic E-state index is 0.774. The summed E-state index contributed by atoms with van der Waals surface area (Å²) >= 11 is 0. The van der Waals surface area contributed by atoms with Gasteiger partial charge >= 0.3 is 0 Å². The smallest absolute Gasteiger partial charge is 0.138 e. The molecule has 2 aromatic rings. The molecular weight excluding hydrogens is 145 g/mol. The van der Waals surface area contributed by atoms with Gasteiger partial charge in [0.15, 0.2) is 0 Å². The van der Waals surface area contributed by atoms with E-state index in [0.29, 0.717) is 0 Å². The van der Waals surface area contributed by atoms with Gasteiger partial charge in [-0.05, 0) is 36.6 Å². The summed E-state index contributed by atoms with van der Waals surface area (Å²) in [7, 11) is 5.75. The number of hydrogen-bond acceptors (Lipinski definition) is 0. The van der Waals surface area contributed by atoms with Gasteiger partial charge in [-0.1, -0.05) is 12.1 Å². The standard InChI is InChI=1S/C10H10BN/c1-6-3-4-8-7(2)10(11)12-9(8)5-6/h3-5,12H,1-2H3. The summed E-state index contributed by atoms with van der Waals surface area (Å²) in [6.07, 6.45) is 0. The zero-order valence-corrected chi connectivity index (χ0v) is 7.31. The summed E-state index contributed by atoms with van der Waals surface area (Å²) in [5.74, 6) is 0. The highest BCUT2D eigenvalue weighted by Gasteiger charge is 2.01. The Morgan fingerprint density at radius 3 is 2.75 bits per heavy atom. The van der Waals surface area contributed by atoms with Gasteiger partial charge in [0, 0.05) is 10.9 Å². The second-order valence-corrected chi connectivity index (χ2v) is 3.21. The van der Waals surface area contributed by atoms with E-state index in [1.54, 1.807) is 0 Å². The summed E-state index contributed by atoms with van der Waals surface area (Å²) in [6.45, 7) is 4.11. The number of fused-ring (bicyclic) bond motifs is 1. The van der Waals surface area contributed by atoms with E-state index in [-0.39, 0.29) is 0 Å². The van der Waals surface area contributed by atoms with E-state index in [2.05, 4.69) is 30.1 Å². The van der Waals surface area contributed by atoms with Crippen LogP contribution in [0.4, 0.5) is 0 Å². The second kappa shape index (κ2) is 2.41. The lowest BCUT2D eigenvalue weighted by Gasteiger charge is -1.92. The molecule has 0 amide bonds. The first-order chi connectivity index (χ1) is 5.68. The summed E-state index contributed by atoms with van der Waals surface area (Å²) in [5.41, 5.74) is 4.30. The first kappa shape index (κ1) is 7.47. The molecule has 0 unspecified atom stereocenters. The van der Waals surface area contributed by atoms with Crippen LogP contribution in [0.15, 0.2) is 18.2 Å². The third kappa shape index (κ3) is 0.952. The van der Waals surface area contributed by atoms with Crippen molar-refractivity contribution in [3.63, 3.8) is 0 Å². The number of benzene rings is 1. The zero-order valence-electron chi connectivity index (χ0n) is 7.31. The Morgan fingerprint density at radius 2 is 2.00 bits per heavy atom. The first-order valence-corrected chi connectivity index (χ1v) is 4.03. The van der Waals surface area contributed by atoms with Crippen molar-refractivity contribution in [3.8, 4) is 0 Å². The maximum absolute atomic E-state index is 5.75. The minimum Gasteiger partial charge on any atom is -0.368 e. The topological polar surface area (TPSA) is 15.8 Å². The molecule has 2 radical (unpaired) electrons. The third-order valence-electron chi connectivity index (χ3n) is 2.25. The summed E-state index contributed by atoms with van der Waals surface area (Å²) in [6, 6.07) is 6.31. The molecule has 0 fully saturated rings. The Balaban J connectivity index is 2.87. The molecule has 0 bridgehead atoms. The van der Waals surface area contributed by atoms with Crippen LogP contribution in [0.25, 0.3) is 10.9 Å². The maximum Gasteiger partial charge on any atom is 0.138 e. The van der Waals surface area contributed by atoms with Crippen molar-refractivity contribution in [2.75, 3.05) is 0 Å². The number of rotatable bonds is 0. The lowest BCUT2D eigenvalue weighted by Crippen LogP contribution is -2.04. The van der Waals surface area contributed by atoms with Crippen LogP contribution >= 0.6 is 0 Å². The number of H-pyrrole nitrogens is 1. The molecule has 2 rings (SSSR count). The molecule has 58 valence electrons. The Labute approximate surface area is 73.2 Å². The molecule has 1 nitrogen and oxygen atoms in total. The molecule has 1 heterocycles. The summed E-state index contributed by atoms with van der Waals surface area (Å²) in [4.78, 5) is 3.15. The number of aromatic amines is 1. The highest BCUT2D eigenvalue weighted by molar-refractivity contribution is 6.33. The largest absolute Gasteiger partial charge is 0.368 e. The molecule has 0 aliphatic heterocycles. The van der Waals surface area contributed by atoms with E-state index in [4.69, 9.17) is 7.85 Å². The predicted octanol–water partition coefficient (Wildman–Crippen LogP) is 1.58. The molecule has 1 aromatic carbocycles. The number of nitrogens with one attached hydrogen (secondary N) is 1. The van der Waals surface area contributed by atoms with Crippen molar-refractivity contribution >= 4 is 24.3 Å². The maximum atomic E-state index is 5.75. The molecule has 1 N–H and O–H groups in total. The highest BCUT2D eigenvalue weighted by Crippen LogP contribution is 2.16. The van der Waals surface area contributed by atoms with Crippen LogP contribution in [0.5, 0.6) is 0 Å². The van der Waals surface area contributed by atoms with Crippen LogP contribution in [-0.2, 0) is 0 Å². The van der Waals surface area contributed by atoms with Gasteiger partial charge < -0.3 is 4.98 Å². The van der Waals surface area contributed by atoms with Gasteiger partial charge in [-0.15, -0.1) is 0 Å². The van der Waals surface area contributed by atoms with E-state index in [1.807, 2.05) is 6.92 Å². The van der Waals surface area contributed by atoms with E-state index >= 15 is 0 Å². The normalized spacial score (nSPS) is 10.8. The van der Waals surface area contributed by atoms with Crippen LogP contribution in [0.2, 0.25) is 0 Å². The molecule has 0 aliphatic rings. The predicted molar refractivity (Wildman–Crippen MR) is 53.2 cm³/mol. The van der Waals surface area contributed by atoms with E-state index < -0.39 is 0 Å². The molecule has 0 aliphatic carbocycles. The Morgan fingerprint density at radius 1 is 1.25 bits per heavy atom. The van der Waals surface area contributed by atoms with Crippen molar-refractivity contribution in [1.82, 2.24) is 4.98 Å². The molecule has 1 aromatic heterocycles. The fourth-order valence-corrected chi connectivity index (χ4v) is 1.47. The molecule has 2 heteroatoms. The molecule has 0 saturated carbocycles. The number of aromatic nitrogens is 1. The molecule has 12 heavy (non-hydrogen) atoms. The van der Waals surface area contributed by atoms with Gasteiger partial charge in [-0.25, -0.2) is 0 Å². The lowest BCUT2D eigenvalue weighted by molar-refractivity contribution is 1.47. The van der Waals surface area contributed by atoms with Crippen LogP contribution in [0.1, 0.15) is 11.1 Å². The quantitative estimate of drug-likeness (QED) is 0.556. The Kier molecular flexibility index (Phi) is 1.50. The van der Waals surface area contributed by atoms with Crippen LogP contribution in [0.3, 0.4) is 0 Å². The summed E-state index contributed by atoms with van der Waals surface area (Å²) < 4.78 is 0. The number of hydrogen-bond donors (Lipinski definition) is 1. The van der Waals surface area contributed by atoms with Crippen molar-refractivity contribution in [2.24, 2.45) is 0 Å². The van der Waals surface area contributed by atoms with Gasteiger partial charge in [0.05, 0.1) is 0 Å². The fraction of sp³-hybridized carbons (Fsp3) is 0.200. The zero-order chi connectivity index (χ0) is 8.72. The molecule has 0 atom stereocenters. The molecular formula is C10H10BN. The van der Waals surface area contributed by atoms with E-state index in [0.717, 1.165) is 16.7 Å². The van der Waals surface area contributed by atoms with Crippen molar-refractivity contribution in [1.29, 1.82) is 0 Å².